The largest absolute Gasteiger partial charge is 0.493 e. The highest BCUT2D eigenvalue weighted by Gasteiger charge is 2.12. The van der Waals surface area contributed by atoms with Gasteiger partial charge in [0, 0.05) is 11.1 Å². The van der Waals surface area contributed by atoms with Crippen LogP contribution in [0, 0.1) is 13.8 Å². The van der Waals surface area contributed by atoms with E-state index < -0.39 is 0 Å². The zero-order chi connectivity index (χ0) is 20.8. The van der Waals surface area contributed by atoms with E-state index in [0.29, 0.717) is 18.2 Å². The van der Waals surface area contributed by atoms with E-state index in [0.717, 1.165) is 16.9 Å². The molecule has 3 aromatic carbocycles. The molecule has 0 bridgehead atoms. The van der Waals surface area contributed by atoms with Crippen LogP contribution in [0.5, 0.6) is 5.75 Å². The third kappa shape index (κ3) is 4.57. The van der Waals surface area contributed by atoms with Gasteiger partial charge in [-0.1, -0.05) is 49.0 Å². The molecule has 0 spiro atoms. The summed E-state index contributed by atoms with van der Waals surface area (Å²) in [6.45, 7) is 10.9. The second-order valence-corrected chi connectivity index (χ2v) is 6.84. The molecule has 0 aliphatic rings. The third-order valence-electron chi connectivity index (χ3n) is 4.84. The Morgan fingerprint density at radius 1 is 0.897 bits per heavy atom. The van der Waals surface area contributed by atoms with Gasteiger partial charge in [-0.15, -0.1) is 0 Å². The van der Waals surface area contributed by atoms with E-state index in [1.807, 2.05) is 37.3 Å². The summed E-state index contributed by atoms with van der Waals surface area (Å²) >= 11 is 0. The van der Waals surface area contributed by atoms with Gasteiger partial charge in [-0.3, -0.25) is 0 Å². The van der Waals surface area contributed by atoms with Gasteiger partial charge in [0.1, 0.15) is 5.75 Å². The second kappa shape index (κ2) is 9.24. The van der Waals surface area contributed by atoms with Crippen LogP contribution in [0.4, 0.5) is 0 Å². The summed E-state index contributed by atoms with van der Waals surface area (Å²) in [5.41, 5.74) is 7.25. The van der Waals surface area contributed by atoms with Crippen LogP contribution in [0.2, 0.25) is 0 Å². The summed E-state index contributed by atoms with van der Waals surface area (Å²) in [6.07, 6.45) is 0. The average molecular weight is 386 g/mol. The molecule has 0 fully saturated rings. The van der Waals surface area contributed by atoms with Gasteiger partial charge in [0.05, 0.1) is 19.4 Å². The minimum atomic E-state index is 0.528. The summed E-state index contributed by atoms with van der Waals surface area (Å²) in [7, 11) is 1.63. The van der Waals surface area contributed by atoms with Gasteiger partial charge in [0.25, 0.3) is 0 Å². The van der Waals surface area contributed by atoms with Crippen LogP contribution in [-0.2, 0) is 4.74 Å². The van der Waals surface area contributed by atoms with E-state index in [1.165, 1.54) is 22.3 Å². The topological polar surface area (TPSA) is 30.8 Å². The van der Waals surface area contributed by atoms with Crippen molar-refractivity contribution >= 4 is 11.6 Å². The zero-order valence-electron chi connectivity index (χ0n) is 17.5. The number of aryl methyl sites for hydroxylation is 2. The van der Waals surface area contributed by atoms with Gasteiger partial charge in [0.15, 0.2) is 0 Å². The van der Waals surface area contributed by atoms with E-state index in [-0.39, 0.29) is 0 Å². The molecule has 3 aromatic rings. The maximum atomic E-state index is 5.70. The number of nitrogens with zero attached hydrogens (tertiary/aromatic N) is 1. The predicted molar refractivity (Wildman–Crippen MR) is 122 cm³/mol. The van der Waals surface area contributed by atoms with Crippen molar-refractivity contribution in [2.45, 2.75) is 20.8 Å². The molecule has 3 heteroatoms. The lowest BCUT2D eigenvalue weighted by atomic mass is 9.95. The van der Waals surface area contributed by atoms with Crippen molar-refractivity contribution in [2.24, 2.45) is 4.99 Å². The van der Waals surface area contributed by atoms with E-state index in [2.05, 4.69) is 61.8 Å². The molecule has 0 radical (unpaired) electrons. The first-order valence-electron chi connectivity index (χ1n) is 9.76. The fourth-order valence-corrected chi connectivity index (χ4v) is 3.37. The number of ether oxygens (including phenoxy) is 2. The maximum Gasteiger partial charge on any atom is 0.221 e. The Labute approximate surface area is 173 Å². The van der Waals surface area contributed by atoms with Gasteiger partial charge < -0.3 is 9.47 Å². The summed E-state index contributed by atoms with van der Waals surface area (Å²) < 4.78 is 11.3. The second-order valence-electron chi connectivity index (χ2n) is 6.84. The summed E-state index contributed by atoms with van der Waals surface area (Å²) in [6, 6.07) is 22.4. The quantitative estimate of drug-likeness (QED) is 0.361. The van der Waals surface area contributed by atoms with E-state index >= 15 is 0 Å². The molecule has 148 valence electrons. The maximum absolute atomic E-state index is 5.70. The number of hydrogen-bond donors (Lipinski definition) is 0. The molecule has 0 heterocycles. The lowest BCUT2D eigenvalue weighted by Gasteiger charge is -2.13. The number of para-hydroxylation sites is 1. The highest BCUT2D eigenvalue weighted by molar-refractivity contribution is 5.98. The first-order chi connectivity index (χ1) is 14.0. The number of rotatable bonds is 6. The van der Waals surface area contributed by atoms with Crippen molar-refractivity contribution in [3.05, 3.63) is 95.6 Å². The number of methoxy groups -OCH3 is 1. The van der Waals surface area contributed by atoms with Crippen molar-refractivity contribution in [1.82, 2.24) is 0 Å². The van der Waals surface area contributed by atoms with Gasteiger partial charge in [-0.25, -0.2) is 4.99 Å². The Bertz CT molecular complexity index is 1050. The Kier molecular flexibility index (Phi) is 6.50. The van der Waals surface area contributed by atoms with Crippen molar-refractivity contribution in [3.8, 4) is 16.9 Å². The summed E-state index contributed by atoms with van der Waals surface area (Å²) in [4.78, 5) is 4.66. The molecule has 0 amide bonds. The Hall–Kier alpha value is -3.33. The van der Waals surface area contributed by atoms with Crippen LogP contribution in [0.15, 0.2) is 78.3 Å². The zero-order valence-corrected chi connectivity index (χ0v) is 17.5. The molecule has 0 unspecified atom stereocenters. The molecule has 0 aromatic heterocycles. The van der Waals surface area contributed by atoms with Crippen molar-refractivity contribution < 1.29 is 9.47 Å². The van der Waals surface area contributed by atoms with Crippen molar-refractivity contribution in [2.75, 3.05) is 13.7 Å². The Balaban J connectivity index is 1.95. The standard InChI is InChI=1S/C26H27NO2/c1-6-29-25-14-10-9-13-24(25)20(4)27-26(28-5)21-15-16-23(19(3)17-21)22-12-8-7-11-18(22)2/h7-17H,4,6H2,1-3,5H3. The van der Waals surface area contributed by atoms with E-state index in [9.17, 15) is 0 Å². The molecule has 0 N–H and O–H groups in total. The lowest BCUT2D eigenvalue weighted by Crippen LogP contribution is -2.05. The number of hydrogen-bond acceptors (Lipinski definition) is 3. The monoisotopic (exact) mass is 385 g/mol. The Morgan fingerprint density at radius 2 is 1.59 bits per heavy atom. The van der Waals surface area contributed by atoms with Crippen molar-refractivity contribution in [3.63, 3.8) is 0 Å². The SMILES string of the molecule is C=C(N=C(OC)c1ccc(-c2ccccc2C)c(C)c1)c1ccccc1OCC. The van der Waals surface area contributed by atoms with Crippen LogP contribution in [0.25, 0.3) is 16.8 Å². The van der Waals surface area contributed by atoms with E-state index in [1.54, 1.807) is 7.11 Å². The molecule has 0 aliphatic heterocycles. The molecular formula is C26H27NO2. The van der Waals surface area contributed by atoms with Crippen molar-refractivity contribution in [1.29, 1.82) is 0 Å². The minimum Gasteiger partial charge on any atom is -0.493 e. The lowest BCUT2D eigenvalue weighted by molar-refractivity contribution is 0.339. The molecule has 0 atom stereocenters. The van der Waals surface area contributed by atoms with Crippen LogP contribution >= 0.6 is 0 Å². The van der Waals surface area contributed by atoms with Gasteiger partial charge in [-0.2, -0.15) is 0 Å². The summed E-state index contributed by atoms with van der Waals surface area (Å²) in [5, 5.41) is 0. The van der Waals surface area contributed by atoms with Gasteiger partial charge in [-0.05, 0) is 67.3 Å². The highest BCUT2D eigenvalue weighted by Crippen LogP contribution is 2.29. The van der Waals surface area contributed by atoms with E-state index in [4.69, 9.17) is 9.47 Å². The average Bonchev–Trinajstić information content (AvgIpc) is 2.73. The smallest absolute Gasteiger partial charge is 0.221 e. The summed E-state index contributed by atoms with van der Waals surface area (Å²) in [5.74, 6) is 1.30. The number of benzene rings is 3. The van der Waals surface area contributed by atoms with Crippen LogP contribution < -0.4 is 4.74 Å². The number of aliphatic imine (C=N–C) groups is 1. The van der Waals surface area contributed by atoms with Crippen LogP contribution in [0.3, 0.4) is 0 Å². The molecule has 0 saturated carbocycles. The highest BCUT2D eigenvalue weighted by atomic mass is 16.5. The first-order valence-corrected chi connectivity index (χ1v) is 9.76. The molecular weight excluding hydrogens is 358 g/mol. The van der Waals surface area contributed by atoms with Gasteiger partial charge in [0.2, 0.25) is 5.90 Å². The molecule has 3 rings (SSSR count). The fraction of sp³-hybridized carbons (Fsp3) is 0.192. The van der Waals surface area contributed by atoms with Crippen LogP contribution in [0.1, 0.15) is 29.2 Å². The predicted octanol–water partition coefficient (Wildman–Crippen LogP) is 6.43. The third-order valence-corrected chi connectivity index (χ3v) is 4.84. The molecule has 0 saturated heterocycles. The van der Waals surface area contributed by atoms with Gasteiger partial charge >= 0.3 is 0 Å². The normalized spacial score (nSPS) is 11.2. The minimum absolute atomic E-state index is 0.528. The Morgan fingerprint density at radius 3 is 2.28 bits per heavy atom. The molecule has 29 heavy (non-hydrogen) atoms. The molecule has 3 nitrogen and oxygen atoms in total. The fourth-order valence-electron chi connectivity index (χ4n) is 3.37. The molecule has 0 aliphatic carbocycles. The first kappa shape index (κ1) is 20.4. The van der Waals surface area contributed by atoms with Crippen LogP contribution in [-0.4, -0.2) is 19.6 Å².